The molecule has 1 aliphatic carbocycles. The van der Waals surface area contributed by atoms with Crippen molar-refractivity contribution < 1.29 is 0 Å². The number of nitrogens with one attached hydrogen (secondary N) is 1. The first kappa shape index (κ1) is 13.4. The van der Waals surface area contributed by atoms with Crippen LogP contribution in [0.3, 0.4) is 0 Å². The van der Waals surface area contributed by atoms with E-state index in [1.54, 1.807) is 0 Å². The van der Waals surface area contributed by atoms with Gasteiger partial charge in [-0.15, -0.1) is 6.58 Å². The van der Waals surface area contributed by atoms with Gasteiger partial charge in [-0.3, -0.25) is 0 Å². The predicted molar refractivity (Wildman–Crippen MR) is 78.8 cm³/mol. The lowest BCUT2D eigenvalue weighted by Gasteiger charge is -2.27. The molecule has 2 rings (SSSR count). The maximum atomic E-state index is 4.06. The van der Waals surface area contributed by atoms with E-state index in [-0.39, 0.29) is 5.41 Å². The summed E-state index contributed by atoms with van der Waals surface area (Å²) < 4.78 is 0. The molecule has 0 bridgehead atoms. The molecule has 98 valence electrons. The summed E-state index contributed by atoms with van der Waals surface area (Å²) in [5.74, 6) is 1.49. The molecular weight excluding hydrogens is 218 g/mol. The summed E-state index contributed by atoms with van der Waals surface area (Å²) in [7, 11) is 0. The van der Waals surface area contributed by atoms with Crippen molar-refractivity contribution >= 4 is 0 Å². The third-order valence-electron chi connectivity index (χ3n) is 4.26. The van der Waals surface area contributed by atoms with E-state index in [1.807, 2.05) is 0 Å². The largest absolute Gasteiger partial charge is 0.316 e. The molecule has 3 unspecified atom stereocenters. The average Bonchev–Trinajstić information content (AvgIpc) is 3.21. The van der Waals surface area contributed by atoms with Crippen molar-refractivity contribution in [1.29, 1.82) is 0 Å². The molecule has 1 nitrogen and oxygen atoms in total. The molecule has 0 aliphatic heterocycles. The lowest BCUT2D eigenvalue weighted by atomic mass is 9.83. The monoisotopic (exact) mass is 243 g/mol. The number of rotatable bonds is 7. The minimum Gasteiger partial charge on any atom is -0.316 e. The molecule has 0 amide bonds. The first-order valence-electron chi connectivity index (χ1n) is 7.10. The van der Waals surface area contributed by atoms with Crippen LogP contribution in [0.15, 0.2) is 43.0 Å². The van der Waals surface area contributed by atoms with Gasteiger partial charge in [-0.2, -0.15) is 0 Å². The van der Waals surface area contributed by atoms with Gasteiger partial charge in [0.1, 0.15) is 0 Å². The molecule has 1 fully saturated rings. The molecule has 1 saturated carbocycles. The maximum absolute atomic E-state index is 4.06. The Morgan fingerprint density at radius 2 is 2.11 bits per heavy atom. The fourth-order valence-corrected chi connectivity index (χ4v) is 2.88. The number of hydrogen-bond acceptors (Lipinski definition) is 1. The van der Waals surface area contributed by atoms with E-state index in [1.165, 1.54) is 18.4 Å². The SMILES string of the molecule is C=CC(C)(CNCCC)C1CC1c1ccccc1. The second-order valence-electron chi connectivity index (χ2n) is 5.75. The fourth-order valence-electron chi connectivity index (χ4n) is 2.88. The molecule has 0 saturated heterocycles. The van der Waals surface area contributed by atoms with Gasteiger partial charge in [-0.05, 0) is 36.8 Å². The highest BCUT2D eigenvalue weighted by atomic mass is 14.9. The Labute approximate surface area is 111 Å². The van der Waals surface area contributed by atoms with Gasteiger partial charge in [0.25, 0.3) is 0 Å². The van der Waals surface area contributed by atoms with Gasteiger partial charge in [0.05, 0.1) is 0 Å². The van der Waals surface area contributed by atoms with Crippen molar-refractivity contribution in [2.24, 2.45) is 11.3 Å². The standard InChI is InChI=1S/C17H25N/c1-4-11-18-13-17(3,5-2)16-12-15(16)14-9-7-6-8-10-14/h5-10,15-16,18H,2,4,11-13H2,1,3H3. The van der Waals surface area contributed by atoms with Gasteiger partial charge in [-0.1, -0.05) is 50.3 Å². The van der Waals surface area contributed by atoms with Crippen molar-refractivity contribution in [3.63, 3.8) is 0 Å². The summed E-state index contributed by atoms with van der Waals surface area (Å²) >= 11 is 0. The maximum Gasteiger partial charge on any atom is 0.00426 e. The van der Waals surface area contributed by atoms with Gasteiger partial charge in [-0.25, -0.2) is 0 Å². The van der Waals surface area contributed by atoms with Crippen LogP contribution in [0, 0.1) is 11.3 Å². The Bertz CT molecular complexity index is 384. The molecule has 0 spiro atoms. The van der Waals surface area contributed by atoms with Crippen LogP contribution in [0.4, 0.5) is 0 Å². The number of hydrogen-bond donors (Lipinski definition) is 1. The van der Waals surface area contributed by atoms with Crippen LogP contribution in [-0.4, -0.2) is 13.1 Å². The Kier molecular flexibility index (Phi) is 4.23. The van der Waals surface area contributed by atoms with E-state index in [0.717, 1.165) is 24.9 Å². The van der Waals surface area contributed by atoms with Crippen molar-refractivity contribution in [1.82, 2.24) is 5.32 Å². The summed E-state index contributed by atoms with van der Waals surface area (Å²) in [5, 5.41) is 3.55. The van der Waals surface area contributed by atoms with E-state index in [4.69, 9.17) is 0 Å². The lowest BCUT2D eigenvalue weighted by molar-refractivity contribution is 0.336. The van der Waals surface area contributed by atoms with Gasteiger partial charge >= 0.3 is 0 Å². The van der Waals surface area contributed by atoms with Crippen LogP contribution in [-0.2, 0) is 0 Å². The Morgan fingerprint density at radius 3 is 2.72 bits per heavy atom. The molecule has 1 N–H and O–H groups in total. The second-order valence-corrected chi connectivity index (χ2v) is 5.75. The lowest BCUT2D eigenvalue weighted by Crippen LogP contribution is -2.32. The molecule has 3 atom stereocenters. The average molecular weight is 243 g/mol. The van der Waals surface area contributed by atoms with Crippen molar-refractivity contribution in [2.75, 3.05) is 13.1 Å². The van der Waals surface area contributed by atoms with Crippen LogP contribution in [0.5, 0.6) is 0 Å². The zero-order valence-electron chi connectivity index (χ0n) is 11.7. The van der Waals surface area contributed by atoms with E-state index in [0.29, 0.717) is 0 Å². The smallest absolute Gasteiger partial charge is 0.00426 e. The first-order chi connectivity index (χ1) is 8.71. The van der Waals surface area contributed by atoms with E-state index >= 15 is 0 Å². The quantitative estimate of drug-likeness (QED) is 0.564. The summed E-state index contributed by atoms with van der Waals surface area (Å²) in [5.41, 5.74) is 1.72. The molecule has 0 heterocycles. The van der Waals surface area contributed by atoms with Gasteiger partial charge in [0, 0.05) is 12.0 Å². The van der Waals surface area contributed by atoms with Crippen LogP contribution >= 0.6 is 0 Å². The summed E-state index contributed by atoms with van der Waals surface area (Å²) in [6.07, 6.45) is 4.66. The topological polar surface area (TPSA) is 12.0 Å². The molecule has 0 radical (unpaired) electrons. The fraction of sp³-hybridized carbons (Fsp3) is 0.529. The molecular formula is C17H25N. The van der Waals surface area contributed by atoms with Crippen molar-refractivity contribution in [3.05, 3.63) is 48.6 Å². The highest BCUT2D eigenvalue weighted by molar-refractivity contribution is 5.28. The minimum atomic E-state index is 0.232. The highest BCUT2D eigenvalue weighted by Gasteiger charge is 2.48. The highest BCUT2D eigenvalue weighted by Crippen LogP contribution is 2.57. The Balaban J connectivity index is 1.97. The van der Waals surface area contributed by atoms with E-state index < -0.39 is 0 Å². The second kappa shape index (κ2) is 5.71. The molecule has 18 heavy (non-hydrogen) atoms. The van der Waals surface area contributed by atoms with Crippen molar-refractivity contribution in [3.8, 4) is 0 Å². The molecule has 1 aromatic carbocycles. The normalized spacial score (nSPS) is 25.4. The van der Waals surface area contributed by atoms with Crippen LogP contribution in [0.25, 0.3) is 0 Å². The molecule has 1 aliphatic rings. The van der Waals surface area contributed by atoms with E-state index in [9.17, 15) is 0 Å². The van der Waals surface area contributed by atoms with Gasteiger partial charge in [0.15, 0.2) is 0 Å². The van der Waals surface area contributed by atoms with Gasteiger partial charge in [0.2, 0.25) is 0 Å². The zero-order valence-corrected chi connectivity index (χ0v) is 11.7. The predicted octanol–water partition coefficient (Wildman–Crippen LogP) is 3.98. The van der Waals surface area contributed by atoms with Crippen LogP contribution in [0.2, 0.25) is 0 Å². The van der Waals surface area contributed by atoms with Crippen LogP contribution in [0.1, 0.15) is 38.2 Å². The summed E-state index contributed by atoms with van der Waals surface area (Å²) in [4.78, 5) is 0. The third kappa shape index (κ3) is 2.84. The molecule has 0 aromatic heterocycles. The molecule has 1 aromatic rings. The summed E-state index contributed by atoms with van der Waals surface area (Å²) in [6.45, 7) is 10.8. The van der Waals surface area contributed by atoms with E-state index in [2.05, 4.69) is 62.2 Å². The molecule has 1 heteroatoms. The minimum absolute atomic E-state index is 0.232. The first-order valence-corrected chi connectivity index (χ1v) is 7.10. The number of benzene rings is 1. The Hall–Kier alpha value is -1.08. The summed E-state index contributed by atoms with van der Waals surface area (Å²) in [6, 6.07) is 10.9. The van der Waals surface area contributed by atoms with Crippen molar-refractivity contribution in [2.45, 2.75) is 32.6 Å². The zero-order chi connectivity index (χ0) is 13.0. The van der Waals surface area contributed by atoms with Gasteiger partial charge < -0.3 is 5.32 Å². The third-order valence-corrected chi connectivity index (χ3v) is 4.26. The van der Waals surface area contributed by atoms with Crippen LogP contribution < -0.4 is 5.32 Å². The Morgan fingerprint density at radius 1 is 1.39 bits per heavy atom.